The number of unbranched alkanes of at least 4 members (excludes halogenated alkanes) is 1. The lowest BCUT2D eigenvalue weighted by molar-refractivity contribution is -0.138. The number of carboxylic acid groups (broad SMARTS) is 1. The summed E-state index contributed by atoms with van der Waals surface area (Å²) in [5, 5.41) is 8.33. The lowest BCUT2D eigenvalue weighted by atomic mass is 10.1. The van der Waals surface area contributed by atoms with Crippen molar-refractivity contribution in [3.05, 3.63) is 0 Å². The maximum absolute atomic E-state index is 10.1. The zero-order valence-electron chi connectivity index (χ0n) is 13.8. The second-order valence-electron chi connectivity index (χ2n) is 4.39. The van der Waals surface area contributed by atoms with E-state index in [-0.39, 0.29) is 0 Å². The Bertz CT molecular complexity index is 240. The van der Waals surface area contributed by atoms with Crippen LogP contribution in [-0.2, 0) is 18.1 Å². The third kappa shape index (κ3) is 14.2. The molecule has 21 heavy (non-hydrogen) atoms. The standard InChI is InChI=1S/C7H18O3Si.C6H14N2O2/c1-5-8-11(4,9-6-2)10-7-3;7-4-2-1-3-5(8)6(9)10/h5-7H2,1-4H3;5H,1-4,7-8H2,(H,9,10)/t;5-/m.0/s1. The molecule has 0 saturated carbocycles. The van der Waals surface area contributed by atoms with Crippen LogP contribution >= 0.6 is 0 Å². The van der Waals surface area contributed by atoms with Crippen LogP contribution in [0.1, 0.15) is 40.0 Å². The van der Waals surface area contributed by atoms with E-state index in [9.17, 15) is 4.79 Å². The zero-order valence-corrected chi connectivity index (χ0v) is 14.8. The summed E-state index contributed by atoms with van der Waals surface area (Å²) in [5.41, 5.74) is 10.4. The molecule has 0 spiro atoms. The predicted molar refractivity (Wildman–Crippen MR) is 85.0 cm³/mol. The van der Waals surface area contributed by atoms with Gasteiger partial charge in [0.05, 0.1) is 0 Å². The van der Waals surface area contributed by atoms with Gasteiger partial charge in [0.1, 0.15) is 6.04 Å². The monoisotopic (exact) mass is 324 g/mol. The van der Waals surface area contributed by atoms with E-state index in [0.717, 1.165) is 12.8 Å². The molecule has 8 heteroatoms. The Kier molecular flexibility index (Phi) is 15.6. The average Bonchev–Trinajstić information content (AvgIpc) is 2.40. The summed E-state index contributed by atoms with van der Waals surface area (Å²) < 4.78 is 16.2. The van der Waals surface area contributed by atoms with Gasteiger partial charge in [-0.2, -0.15) is 0 Å². The van der Waals surface area contributed by atoms with Gasteiger partial charge in [0, 0.05) is 26.4 Å². The number of nitrogens with two attached hydrogens (primary N) is 2. The third-order valence-corrected chi connectivity index (χ3v) is 4.95. The van der Waals surface area contributed by atoms with E-state index in [0.29, 0.717) is 32.8 Å². The van der Waals surface area contributed by atoms with Gasteiger partial charge < -0.3 is 29.9 Å². The van der Waals surface area contributed by atoms with Crippen molar-refractivity contribution in [3.8, 4) is 0 Å². The Morgan fingerprint density at radius 2 is 1.52 bits per heavy atom. The zero-order chi connectivity index (χ0) is 16.7. The summed E-state index contributed by atoms with van der Waals surface area (Å²) in [6.45, 7) is 10.3. The van der Waals surface area contributed by atoms with Gasteiger partial charge in [-0.3, -0.25) is 4.79 Å². The SMILES string of the molecule is CCO[Si](C)(OCC)OCC.NCCCC[C@H](N)C(=O)O. The average molecular weight is 324 g/mol. The smallest absolute Gasteiger partial charge is 0.480 e. The minimum atomic E-state index is -2.25. The maximum atomic E-state index is 10.1. The van der Waals surface area contributed by atoms with Crippen molar-refractivity contribution in [3.63, 3.8) is 0 Å². The molecule has 7 nitrogen and oxygen atoms in total. The van der Waals surface area contributed by atoms with Gasteiger partial charge in [-0.05, 0) is 40.2 Å². The van der Waals surface area contributed by atoms with Gasteiger partial charge in [0.15, 0.2) is 0 Å². The predicted octanol–water partition coefficient (Wildman–Crippen LogP) is 1.19. The molecule has 0 rings (SSSR count). The molecule has 128 valence electrons. The van der Waals surface area contributed by atoms with Crippen LogP contribution in [0.25, 0.3) is 0 Å². The highest BCUT2D eigenvalue weighted by molar-refractivity contribution is 6.59. The summed E-state index contributed by atoms with van der Waals surface area (Å²) in [7, 11) is -2.25. The Balaban J connectivity index is 0. The molecule has 0 saturated heterocycles. The number of hydrogen-bond donors (Lipinski definition) is 3. The normalized spacial score (nSPS) is 12.5. The van der Waals surface area contributed by atoms with E-state index < -0.39 is 20.8 Å². The van der Waals surface area contributed by atoms with Crippen LogP contribution in [0.15, 0.2) is 0 Å². The molecule has 0 aliphatic rings. The highest BCUT2D eigenvalue weighted by Crippen LogP contribution is 2.08. The van der Waals surface area contributed by atoms with E-state index in [1.54, 1.807) is 0 Å². The molecule has 0 radical (unpaired) electrons. The van der Waals surface area contributed by atoms with Crippen LogP contribution in [0, 0.1) is 0 Å². The second kappa shape index (κ2) is 14.4. The number of carboxylic acids is 1. The van der Waals surface area contributed by atoms with Crippen LogP contribution in [0.3, 0.4) is 0 Å². The molecular formula is C13H32N2O5Si. The summed E-state index contributed by atoms with van der Waals surface area (Å²) in [5.74, 6) is -0.933. The Morgan fingerprint density at radius 3 is 1.81 bits per heavy atom. The fourth-order valence-electron chi connectivity index (χ4n) is 1.54. The van der Waals surface area contributed by atoms with E-state index in [1.165, 1.54) is 0 Å². The lowest BCUT2D eigenvalue weighted by Crippen LogP contribution is -2.42. The first-order valence-corrected chi connectivity index (χ1v) is 9.69. The quantitative estimate of drug-likeness (QED) is 0.386. The number of hydrogen-bond acceptors (Lipinski definition) is 6. The molecule has 0 bridgehead atoms. The van der Waals surface area contributed by atoms with Crippen LogP contribution in [0.5, 0.6) is 0 Å². The van der Waals surface area contributed by atoms with Crippen molar-refractivity contribution in [2.45, 2.75) is 52.6 Å². The largest absolute Gasteiger partial charge is 0.497 e. The molecule has 0 heterocycles. The lowest BCUT2D eigenvalue weighted by Gasteiger charge is -2.23. The van der Waals surface area contributed by atoms with Crippen LogP contribution < -0.4 is 11.5 Å². The Morgan fingerprint density at radius 1 is 1.10 bits per heavy atom. The fourth-order valence-corrected chi connectivity index (χ4v) is 3.37. The molecule has 0 aromatic carbocycles. The molecule has 0 aliphatic heterocycles. The highest BCUT2D eigenvalue weighted by atomic mass is 28.4. The molecule has 1 atom stereocenters. The summed E-state index contributed by atoms with van der Waals surface area (Å²) in [6, 6.07) is -0.716. The maximum Gasteiger partial charge on any atom is 0.497 e. The van der Waals surface area contributed by atoms with Crippen LogP contribution in [0.2, 0.25) is 6.55 Å². The molecule has 0 amide bonds. The van der Waals surface area contributed by atoms with Gasteiger partial charge >= 0.3 is 14.8 Å². The van der Waals surface area contributed by atoms with Crippen LogP contribution in [-0.4, -0.2) is 52.3 Å². The first kappa shape index (κ1) is 22.8. The topological polar surface area (TPSA) is 117 Å². The van der Waals surface area contributed by atoms with Crippen molar-refractivity contribution >= 4 is 14.8 Å². The van der Waals surface area contributed by atoms with Gasteiger partial charge in [-0.25, -0.2) is 0 Å². The van der Waals surface area contributed by atoms with Gasteiger partial charge in [0.25, 0.3) is 0 Å². The van der Waals surface area contributed by atoms with E-state index in [4.69, 9.17) is 29.9 Å². The highest BCUT2D eigenvalue weighted by Gasteiger charge is 2.32. The number of aliphatic carboxylic acids is 1. The van der Waals surface area contributed by atoms with E-state index in [2.05, 4.69) is 0 Å². The van der Waals surface area contributed by atoms with E-state index in [1.807, 2.05) is 27.3 Å². The van der Waals surface area contributed by atoms with Gasteiger partial charge in [-0.1, -0.05) is 6.42 Å². The molecule has 0 aromatic rings. The number of rotatable bonds is 11. The Labute approximate surface area is 129 Å². The molecule has 0 unspecified atom stereocenters. The first-order valence-electron chi connectivity index (χ1n) is 7.47. The third-order valence-electron chi connectivity index (χ3n) is 2.51. The fraction of sp³-hybridized carbons (Fsp3) is 0.923. The Hall–Kier alpha value is -0.513. The number of carbonyl (C=O) groups is 1. The van der Waals surface area contributed by atoms with Gasteiger partial charge in [-0.15, -0.1) is 0 Å². The van der Waals surface area contributed by atoms with Crippen molar-refractivity contribution in [2.24, 2.45) is 11.5 Å². The molecule has 0 aliphatic carbocycles. The summed E-state index contributed by atoms with van der Waals surface area (Å²) in [6.07, 6.45) is 2.16. The van der Waals surface area contributed by atoms with Crippen molar-refractivity contribution in [2.75, 3.05) is 26.4 Å². The minimum Gasteiger partial charge on any atom is -0.480 e. The van der Waals surface area contributed by atoms with Crippen LogP contribution in [0.4, 0.5) is 0 Å². The summed E-state index contributed by atoms with van der Waals surface area (Å²) in [4.78, 5) is 10.1. The second-order valence-corrected chi connectivity index (χ2v) is 6.98. The summed E-state index contributed by atoms with van der Waals surface area (Å²) >= 11 is 0. The van der Waals surface area contributed by atoms with Gasteiger partial charge in [0.2, 0.25) is 0 Å². The molecule has 0 aromatic heterocycles. The minimum absolute atomic E-state index is 0.520. The molecule has 0 fully saturated rings. The first-order chi connectivity index (χ1) is 9.86. The molecular weight excluding hydrogens is 292 g/mol. The van der Waals surface area contributed by atoms with Crippen molar-refractivity contribution < 1.29 is 23.2 Å². The van der Waals surface area contributed by atoms with Crippen molar-refractivity contribution in [1.29, 1.82) is 0 Å². The van der Waals surface area contributed by atoms with Crippen molar-refractivity contribution in [1.82, 2.24) is 0 Å². The van der Waals surface area contributed by atoms with E-state index >= 15 is 0 Å². The molecule has 5 N–H and O–H groups in total.